The van der Waals surface area contributed by atoms with Crippen molar-refractivity contribution in [1.29, 1.82) is 0 Å². The molecule has 4 heterocycles. The van der Waals surface area contributed by atoms with Crippen molar-refractivity contribution >= 4 is 52.5 Å². The van der Waals surface area contributed by atoms with Gasteiger partial charge in [0, 0.05) is 28.0 Å². The van der Waals surface area contributed by atoms with Crippen molar-refractivity contribution in [2.24, 2.45) is 4.99 Å². The lowest BCUT2D eigenvalue weighted by atomic mass is 9.95. The molecule has 0 saturated heterocycles. The van der Waals surface area contributed by atoms with Crippen molar-refractivity contribution in [3.63, 3.8) is 0 Å². The minimum absolute atomic E-state index is 0.0446. The highest BCUT2D eigenvalue weighted by Gasteiger charge is 2.36. The summed E-state index contributed by atoms with van der Waals surface area (Å²) in [6.07, 6.45) is 5.39. The highest BCUT2D eigenvalue weighted by Crippen LogP contribution is 2.40. The lowest BCUT2D eigenvalue weighted by molar-refractivity contribution is -0.114. The van der Waals surface area contributed by atoms with Crippen LogP contribution in [0.1, 0.15) is 56.2 Å². The summed E-state index contributed by atoms with van der Waals surface area (Å²) in [4.78, 5) is 46.2. The predicted molar refractivity (Wildman–Crippen MR) is 172 cm³/mol. The molecule has 2 aromatic heterocycles. The normalized spacial score (nSPS) is 16.6. The van der Waals surface area contributed by atoms with Gasteiger partial charge in [0.15, 0.2) is 11.5 Å². The average Bonchev–Trinajstić information content (AvgIpc) is 3.71. The van der Waals surface area contributed by atoms with E-state index in [4.69, 9.17) is 9.47 Å². The second-order valence-corrected chi connectivity index (χ2v) is 12.4. The maximum atomic E-state index is 13.9. The van der Waals surface area contributed by atoms with Crippen LogP contribution in [0.4, 0.5) is 16.2 Å². The number of fused-ring (bicyclic) bond motifs is 2. The number of nitrogens with zero attached hydrogens (tertiary/aromatic N) is 3. The summed E-state index contributed by atoms with van der Waals surface area (Å²) in [6, 6.07) is 13.4. The molecule has 4 amide bonds. The van der Waals surface area contributed by atoms with Crippen molar-refractivity contribution in [2.75, 3.05) is 17.0 Å². The van der Waals surface area contributed by atoms with Crippen molar-refractivity contribution in [3.05, 3.63) is 92.6 Å². The Morgan fingerprint density at radius 2 is 1.76 bits per heavy atom. The van der Waals surface area contributed by atoms with E-state index in [1.165, 1.54) is 17.0 Å². The molecule has 4 aromatic rings. The molecule has 228 valence electrons. The lowest BCUT2D eigenvalue weighted by Gasteiger charge is -2.23. The summed E-state index contributed by atoms with van der Waals surface area (Å²) in [7, 11) is 0. The van der Waals surface area contributed by atoms with Crippen LogP contribution < -0.4 is 19.7 Å². The monoisotopic (exact) mass is 622 g/mol. The van der Waals surface area contributed by atoms with Crippen LogP contribution in [0.15, 0.2) is 59.1 Å². The van der Waals surface area contributed by atoms with Crippen molar-refractivity contribution in [3.8, 4) is 16.5 Å². The second-order valence-electron chi connectivity index (χ2n) is 11.3. The Morgan fingerprint density at radius 1 is 1.00 bits per heavy atom. The SMILES string of the molecule is Cc1ccc(NC(=O)c2c(-n3c(C)cc(/C=C4\C(=O)N(c5ccc6c(c5)OCO6)C(=O)N=C4O)c3C)sc3c2CCCC3)cc1. The molecular formula is C34H30N4O6S. The topological polar surface area (TPSA) is 122 Å². The Kier molecular flexibility index (Phi) is 7.04. The molecule has 2 aromatic carbocycles. The summed E-state index contributed by atoms with van der Waals surface area (Å²) in [6.45, 7) is 5.89. The Bertz CT molecular complexity index is 1970. The number of imide groups is 1. The number of carbonyl (C=O) groups is 3. The lowest BCUT2D eigenvalue weighted by Crippen LogP contribution is -2.42. The largest absolute Gasteiger partial charge is 0.493 e. The number of aliphatic imine (C=N–C) groups is 1. The molecule has 3 aliphatic rings. The number of urea groups is 1. The molecule has 2 N–H and O–H groups in total. The fourth-order valence-corrected chi connectivity index (χ4v) is 7.55. The van der Waals surface area contributed by atoms with Crippen LogP contribution in [-0.4, -0.2) is 40.2 Å². The van der Waals surface area contributed by atoms with E-state index >= 15 is 0 Å². The Hall–Kier alpha value is -5.16. The molecule has 0 saturated carbocycles. The molecule has 0 spiro atoms. The molecule has 1 aliphatic carbocycles. The zero-order valence-electron chi connectivity index (χ0n) is 25.0. The van der Waals surface area contributed by atoms with Gasteiger partial charge in [0.1, 0.15) is 10.6 Å². The smallest absolute Gasteiger partial charge is 0.358 e. The molecule has 0 unspecified atom stereocenters. The van der Waals surface area contributed by atoms with Gasteiger partial charge >= 0.3 is 6.03 Å². The number of aromatic nitrogens is 1. The highest BCUT2D eigenvalue weighted by atomic mass is 32.1. The van der Waals surface area contributed by atoms with Crippen LogP contribution in [-0.2, 0) is 17.6 Å². The third kappa shape index (κ3) is 4.98. The predicted octanol–water partition coefficient (Wildman–Crippen LogP) is 6.83. The van der Waals surface area contributed by atoms with Crippen LogP contribution >= 0.6 is 11.3 Å². The van der Waals surface area contributed by atoms with Gasteiger partial charge in [-0.05, 0) is 94.0 Å². The van der Waals surface area contributed by atoms with Gasteiger partial charge in [-0.1, -0.05) is 17.7 Å². The molecular weight excluding hydrogens is 592 g/mol. The van der Waals surface area contributed by atoms with Gasteiger partial charge in [0.25, 0.3) is 11.8 Å². The van der Waals surface area contributed by atoms with E-state index in [2.05, 4.69) is 10.3 Å². The van der Waals surface area contributed by atoms with E-state index in [1.54, 1.807) is 23.5 Å². The Balaban J connectivity index is 1.28. The summed E-state index contributed by atoms with van der Waals surface area (Å²) in [5, 5.41) is 14.6. The number of benzene rings is 2. The number of anilines is 2. The van der Waals surface area contributed by atoms with E-state index in [9.17, 15) is 19.5 Å². The maximum absolute atomic E-state index is 13.9. The average molecular weight is 623 g/mol. The van der Waals surface area contributed by atoms with E-state index in [0.29, 0.717) is 22.6 Å². The standard InChI is InChI=1S/C34H30N4O6S/c1-18-8-10-22(11-9-18)35-31(40)29-24-6-4-5-7-28(24)45-33(29)37-19(2)14-21(20(37)3)15-25-30(39)36-34(42)38(32(25)41)23-12-13-26-27(16-23)44-17-43-26/h8-16H,4-7,17H2,1-3H3,(H,35,40)(H,36,39,42)/b25-15-. The second kappa shape index (κ2) is 11.1. The van der Waals surface area contributed by atoms with Crippen LogP contribution in [0.2, 0.25) is 0 Å². The highest BCUT2D eigenvalue weighted by molar-refractivity contribution is 7.15. The third-order valence-corrected chi connectivity index (χ3v) is 9.62. The summed E-state index contributed by atoms with van der Waals surface area (Å²) in [5.74, 6) is -0.627. The van der Waals surface area contributed by atoms with Gasteiger partial charge in [-0.2, -0.15) is 4.99 Å². The molecule has 7 rings (SSSR count). The molecule has 0 radical (unpaired) electrons. The zero-order valence-corrected chi connectivity index (χ0v) is 25.8. The fraction of sp³-hybridized carbons (Fsp3) is 0.235. The van der Waals surface area contributed by atoms with Gasteiger partial charge in [0.05, 0.1) is 11.3 Å². The first-order valence-corrected chi connectivity index (χ1v) is 15.5. The number of hydrogen-bond acceptors (Lipinski definition) is 6. The number of thiophene rings is 1. The van der Waals surface area contributed by atoms with Crippen LogP contribution in [0, 0.1) is 20.8 Å². The third-order valence-electron chi connectivity index (χ3n) is 8.34. The first kappa shape index (κ1) is 28.6. The summed E-state index contributed by atoms with van der Waals surface area (Å²) in [5.41, 5.74) is 5.97. The maximum Gasteiger partial charge on any atom is 0.358 e. The molecule has 11 heteroatoms. The molecule has 10 nitrogen and oxygen atoms in total. The first-order chi connectivity index (χ1) is 21.7. The van der Waals surface area contributed by atoms with Crippen LogP contribution in [0.5, 0.6) is 11.5 Å². The van der Waals surface area contributed by atoms with E-state index in [0.717, 1.165) is 63.8 Å². The number of aliphatic hydroxyl groups is 1. The van der Waals surface area contributed by atoms with E-state index in [1.807, 2.05) is 55.7 Å². The molecule has 0 fully saturated rings. The number of aliphatic hydroxyl groups excluding tert-OH is 1. The van der Waals surface area contributed by atoms with E-state index < -0.39 is 17.8 Å². The van der Waals surface area contributed by atoms with Crippen molar-refractivity contribution < 1.29 is 29.0 Å². The number of rotatable bonds is 5. The van der Waals surface area contributed by atoms with Gasteiger partial charge in [0.2, 0.25) is 12.7 Å². The quantitative estimate of drug-likeness (QED) is 0.235. The van der Waals surface area contributed by atoms with Gasteiger partial charge in [-0.25, -0.2) is 9.69 Å². The number of ether oxygens (including phenoxy) is 2. The fourth-order valence-electron chi connectivity index (χ4n) is 6.06. The molecule has 2 aliphatic heterocycles. The van der Waals surface area contributed by atoms with Gasteiger partial charge in [-0.15, -0.1) is 11.3 Å². The van der Waals surface area contributed by atoms with Gasteiger partial charge < -0.3 is 24.5 Å². The number of carbonyl (C=O) groups excluding carboxylic acids is 3. The van der Waals surface area contributed by atoms with Gasteiger partial charge in [-0.3, -0.25) is 9.59 Å². The first-order valence-electron chi connectivity index (χ1n) is 14.7. The Labute approximate surface area is 263 Å². The minimum atomic E-state index is -0.910. The van der Waals surface area contributed by atoms with Crippen LogP contribution in [0.25, 0.3) is 11.1 Å². The van der Waals surface area contributed by atoms with Crippen LogP contribution in [0.3, 0.4) is 0 Å². The van der Waals surface area contributed by atoms with Crippen molar-refractivity contribution in [2.45, 2.75) is 46.5 Å². The van der Waals surface area contributed by atoms with E-state index in [-0.39, 0.29) is 24.0 Å². The molecule has 45 heavy (non-hydrogen) atoms. The number of hydrogen-bond donors (Lipinski definition) is 2. The summed E-state index contributed by atoms with van der Waals surface area (Å²) < 4.78 is 12.8. The molecule has 0 bridgehead atoms. The number of nitrogens with one attached hydrogen (secondary N) is 1. The number of aryl methyl sites for hydroxylation is 3. The minimum Gasteiger partial charge on any atom is -0.493 e. The Morgan fingerprint density at radius 3 is 2.56 bits per heavy atom. The van der Waals surface area contributed by atoms with Crippen molar-refractivity contribution in [1.82, 2.24) is 4.57 Å². The number of amides is 4. The zero-order chi connectivity index (χ0) is 31.4. The summed E-state index contributed by atoms with van der Waals surface area (Å²) >= 11 is 1.62. The molecule has 0 atom stereocenters.